The van der Waals surface area contributed by atoms with E-state index < -0.39 is 17.4 Å². The van der Waals surface area contributed by atoms with E-state index in [0.717, 1.165) is 12.8 Å². The van der Waals surface area contributed by atoms with Crippen molar-refractivity contribution >= 4 is 17.7 Å². The van der Waals surface area contributed by atoms with Crippen molar-refractivity contribution in [3.05, 3.63) is 23.4 Å². The fourth-order valence-electron chi connectivity index (χ4n) is 2.64. The molecule has 1 aliphatic rings. The number of anilines is 1. The quantitative estimate of drug-likeness (QED) is 0.868. The fourth-order valence-corrected chi connectivity index (χ4v) is 2.64. The molecule has 6 nitrogen and oxygen atoms in total. The van der Waals surface area contributed by atoms with Crippen molar-refractivity contribution in [3.8, 4) is 0 Å². The van der Waals surface area contributed by atoms with Crippen molar-refractivity contribution in [2.24, 2.45) is 5.73 Å². The number of piperidine rings is 1. The lowest BCUT2D eigenvalue weighted by Crippen LogP contribution is -2.55. The minimum atomic E-state index is -0.992. The molecule has 2 heterocycles. The number of hydrogen-bond donors (Lipinski definition) is 2. The van der Waals surface area contributed by atoms with Crippen LogP contribution in [0.3, 0.4) is 0 Å². The Morgan fingerprint density at radius 1 is 1.40 bits per heavy atom. The second-order valence-electron chi connectivity index (χ2n) is 5.41. The fraction of sp³-hybridized carbons (Fsp3) is 0.500. The molecule has 0 saturated carbocycles. The lowest BCUT2D eigenvalue weighted by molar-refractivity contribution is -0.143. The molecule has 1 saturated heterocycles. The van der Waals surface area contributed by atoms with Crippen molar-refractivity contribution in [1.82, 2.24) is 4.98 Å². The molecule has 1 fully saturated rings. The van der Waals surface area contributed by atoms with Crippen LogP contribution in [0, 0.1) is 6.92 Å². The molecule has 1 atom stereocenters. The molecule has 0 radical (unpaired) electrons. The molecular formula is C14H19N3O3. The van der Waals surface area contributed by atoms with Crippen LogP contribution in [0.4, 0.5) is 5.82 Å². The van der Waals surface area contributed by atoms with Crippen molar-refractivity contribution < 1.29 is 14.7 Å². The number of nitrogens with two attached hydrogens (primary N) is 1. The third-order valence-electron chi connectivity index (χ3n) is 3.85. The average Bonchev–Trinajstić information content (AvgIpc) is 2.38. The van der Waals surface area contributed by atoms with Crippen LogP contribution in [0.15, 0.2) is 12.1 Å². The molecule has 1 unspecified atom stereocenters. The zero-order chi connectivity index (χ0) is 14.9. The molecule has 0 bridgehead atoms. The minimum Gasteiger partial charge on any atom is -0.480 e. The molecule has 0 aromatic carbocycles. The number of aliphatic carboxylic acids is 1. The maximum absolute atomic E-state index is 11.6. The number of carboxylic acid groups (broad SMARTS) is 1. The van der Waals surface area contributed by atoms with E-state index >= 15 is 0 Å². The number of nitrogens with zero attached hydrogens (tertiary/aromatic N) is 2. The number of primary amides is 1. The highest BCUT2D eigenvalue weighted by Crippen LogP contribution is 2.32. The highest BCUT2D eigenvalue weighted by Gasteiger charge is 2.42. The Kier molecular flexibility index (Phi) is 3.65. The zero-order valence-electron chi connectivity index (χ0n) is 11.7. The third kappa shape index (κ3) is 2.45. The maximum Gasteiger partial charge on any atom is 0.329 e. The molecule has 0 aliphatic carbocycles. The number of amides is 1. The highest BCUT2D eigenvalue weighted by atomic mass is 16.4. The molecule has 2 rings (SSSR count). The van der Waals surface area contributed by atoms with Gasteiger partial charge in [-0.3, -0.25) is 4.79 Å². The summed E-state index contributed by atoms with van der Waals surface area (Å²) >= 11 is 0. The van der Waals surface area contributed by atoms with Gasteiger partial charge < -0.3 is 15.7 Å². The van der Waals surface area contributed by atoms with Gasteiger partial charge in [-0.2, -0.15) is 0 Å². The predicted octanol–water partition coefficient (Wildman–Crippen LogP) is 1.32. The molecule has 20 heavy (non-hydrogen) atoms. The van der Waals surface area contributed by atoms with Gasteiger partial charge in [-0.05, 0) is 45.2 Å². The summed E-state index contributed by atoms with van der Waals surface area (Å²) in [5.41, 5.74) is 5.32. The summed E-state index contributed by atoms with van der Waals surface area (Å²) in [6.07, 6.45) is 2.34. The molecule has 1 amide bonds. The van der Waals surface area contributed by atoms with Gasteiger partial charge in [-0.15, -0.1) is 0 Å². The normalized spacial score (nSPS) is 22.6. The second kappa shape index (κ2) is 5.11. The predicted molar refractivity (Wildman–Crippen MR) is 74.7 cm³/mol. The first-order chi connectivity index (χ1) is 9.34. The van der Waals surface area contributed by atoms with Gasteiger partial charge in [0, 0.05) is 17.8 Å². The van der Waals surface area contributed by atoms with Gasteiger partial charge in [-0.1, -0.05) is 0 Å². The summed E-state index contributed by atoms with van der Waals surface area (Å²) in [6.45, 7) is 4.07. The molecule has 3 N–H and O–H groups in total. The number of rotatable bonds is 3. The van der Waals surface area contributed by atoms with Gasteiger partial charge in [0.15, 0.2) is 0 Å². The molecule has 1 aliphatic heterocycles. The number of carbonyl (C=O) groups is 2. The molecule has 1 aromatic rings. The van der Waals surface area contributed by atoms with Crippen LogP contribution < -0.4 is 10.6 Å². The highest BCUT2D eigenvalue weighted by molar-refractivity contribution is 5.94. The number of pyridine rings is 1. The van der Waals surface area contributed by atoms with Gasteiger partial charge in [-0.25, -0.2) is 9.78 Å². The first-order valence-corrected chi connectivity index (χ1v) is 6.64. The third-order valence-corrected chi connectivity index (χ3v) is 3.85. The monoisotopic (exact) mass is 277 g/mol. The van der Waals surface area contributed by atoms with Gasteiger partial charge in [0.05, 0.1) is 0 Å². The Hall–Kier alpha value is -2.11. The van der Waals surface area contributed by atoms with Crippen LogP contribution in [0.2, 0.25) is 0 Å². The Labute approximate surface area is 117 Å². The zero-order valence-corrected chi connectivity index (χ0v) is 11.7. The van der Waals surface area contributed by atoms with E-state index in [0.29, 0.717) is 30.0 Å². The standard InChI is InChI=1S/C14H19N3O3/c1-9-7-10(12(15)18)8-11(16-9)17-6-4-3-5-14(17,2)13(19)20/h7-8H,3-6H2,1-2H3,(H2,15,18)(H,19,20). The number of aromatic nitrogens is 1. The van der Waals surface area contributed by atoms with Crippen molar-refractivity contribution in [2.75, 3.05) is 11.4 Å². The van der Waals surface area contributed by atoms with E-state index in [9.17, 15) is 14.7 Å². The van der Waals surface area contributed by atoms with Crippen molar-refractivity contribution in [2.45, 2.75) is 38.6 Å². The molecule has 108 valence electrons. The molecule has 1 aromatic heterocycles. The summed E-state index contributed by atoms with van der Waals surface area (Å²) < 4.78 is 0. The average molecular weight is 277 g/mol. The minimum absolute atomic E-state index is 0.353. The van der Waals surface area contributed by atoms with Crippen LogP contribution in [0.1, 0.15) is 42.2 Å². The molecule has 0 spiro atoms. The first-order valence-electron chi connectivity index (χ1n) is 6.64. The summed E-state index contributed by atoms with van der Waals surface area (Å²) in [5, 5.41) is 9.52. The summed E-state index contributed by atoms with van der Waals surface area (Å²) in [4.78, 5) is 29.1. The van der Waals surface area contributed by atoms with Crippen molar-refractivity contribution in [3.63, 3.8) is 0 Å². The molecular weight excluding hydrogens is 258 g/mol. The molecule has 6 heteroatoms. The number of carboxylic acids is 1. The Morgan fingerprint density at radius 2 is 2.10 bits per heavy atom. The first kappa shape index (κ1) is 14.3. The van der Waals surface area contributed by atoms with Crippen LogP contribution in [-0.4, -0.2) is 34.1 Å². The summed E-state index contributed by atoms with van der Waals surface area (Å²) in [5.74, 6) is -0.907. The van der Waals surface area contributed by atoms with Crippen LogP contribution in [0.25, 0.3) is 0 Å². The van der Waals surface area contributed by atoms with Gasteiger partial charge in [0.2, 0.25) is 5.91 Å². The van der Waals surface area contributed by atoms with E-state index in [2.05, 4.69) is 4.98 Å². The van der Waals surface area contributed by atoms with E-state index in [1.54, 1.807) is 30.9 Å². The topological polar surface area (TPSA) is 96.5 Å². The lowest BCUT2D eigenvalue weighted by Gasteiger charge is -2.42. The van der Waals surface area contributed by atoms with E-state index in [4.69, 9.17) is 5.73 Å². The largest absolute Gasteiger partial charge is 0.480 e. The number of hydrogen-bond acceptors (Lipinski definition) is 4. The van der Waals surface area contributed by atoms with E-state index in [-0.39, 0.29) is 0 Å². The Balaban J connectivity index is 2.48. The smallest absolute Gasteiger partial charge is 0.329 e. The summed E-state index contributed by atoms with van der Waals surface area (Å²) in [6, 6.07) is 3.18. The maximum atomic E-state index is 11.6. The van der Waals surface area contributed by atoms with Crippen LogP contribution >= 0.6 is 0 Å². The number of aryl methyl sites for hydroxylation is 1. The van der Waals surface area contributed by atoms with Gasteiger partial charge in [0.1, 0.15) is 11.4 Å². The van der Waals surface area contributed by atoms with Gasteiger partial charge >= 0.3 is 5.97 Å². The van der Waals surface area contributed by atoms with E-state index in [1.807, 2.05) is 0 Å². The van der Waals surface area contributed by atoms with E-state index in [1.165, 1.54) is 0 Å². The SMILES string of the molecule is Cc1cc(C(N)=O)cc(N2CCCCC2(C)C(=O)O)n1. The summed E-state index contributed by atoms with van der Waals surface area (Å²) in [7, 11) is 0. The van der Waals surface area contributed by atoms with Gasteiger partial charge in [0.25, 0.3) is 0 Å². The Bertz CT molecular complexity index is 559. The lowest BCUT2D eigenvalue weighted by atomic mass is 9.88. The van der Waals surface area contributed by atoms with Crippen LogP contribution in [-0.2, 0) is 4.79 Å². The van der Waals surface area contributed by atoms with Crippen LogP contribution in [0.5, 0.6) is 0 Å². The van der Waals surface area contributed by atoms with Crippen molar-refractivity contribution in [1.29, 1.82) is 0 Å². The Morgan fingerprint density at radius 3 is 2.70 bits per heavy atom. The second-order valence-corrected chi connectivity index (χ2v) is 5.41. The number of carbonyl (C=O) groups excluding carboxylic acids is 1.